The molecule has 1 saturated carbocycles. The Bertz CT molecular complexity index is 595. The van der Waals surface area contributed by atoms with E-state index in [0.29, 0.717) is 13.0 Å². The molecule has 4 fully saturated rings. The fourth-order valence-electron chi connectivity index (χ4n) is 6.20. The van der Waals surface area contributed by atoms with Gasteiger partial charge in [-0.2, -0.15) is 0 Å². The molecule has 0 spiro atoms. The first-order chi connectivity index (χ1) is 14.1. The average Bonchev–Trinajstić information content (AvgIpc) is 2.74. The number of ether oxygens (including phenoxy) is 1. The van der Waals surface area contributed by atoms with Crippen LogP contribution >= 0.6 is 0 Å². The monoisotopic (exact) mass is 407 g/mol. The summed E-state index contributed by atoms with van der Waals surface area (Å²) < 4.78 is 5.34. The van der Waals surface area contributed by atoms with Gasteiger partial charge in [0.05, 0.1) is 19.3 Å². The van der Waals surface area contributed by atoms with E-state index in [9.17, 15) is 9.59 Å². The third kappa shape index (κ3) is 4.32. The van der Waals surface area contributed by atoms with Crippen molar-refractivity contribution >= 4 is 11.9 Å². The van der Waals surface area contributed by atoms with Crippen molar-refractivity contribution in [1.29, 1.82) is 0 Å². The van der Waals surface area contributed by atoms with E-state index in [4.69, 9.17) is 10.5 Å². The van der Waals surface area contributed by atoms with Gasteiger partial charge in [-0.3, -0.25) is 15.3 Å². The SMILES string of the molecule is CCOC(=O)C1CC2C(=O)N3CCCCC3NC2[NH+](CCC2CCCCC2)C1N. The van der Waals surface area contributed by atoms with Crippen molar-refractivity contribution in [2.45, 2.75) is 89.6 Å². The van der Waals surface area contributed by atoms with Crippen molar-refractivity contribution in [3.63, 3.8) is 0 Å². The zero-order valence-electron chi connectivity index (χ0n) is 17.9. The van der Waals surface area contributed by atoms with Gasteiger partial charge in [-0.25, -0.2) is 5.32 Å². The van der Waals surface area contributed by atoms with Crippen LogP contribution in [0.1, 0.15) is 71.1 Å². The number of quaternary nitrogens is 1. The Morgan fingerprint density at radius 2 is 1.97 bits per heavy atom. The molecule has 7 nitrogen and oxygen atoms in total. The zero-order valence-corrected chi connectivity index (χ0v) is 17.9. The second-order valence-electron chi connectivity index (χ2n) is 9.53. The first-order valence-electron chi connectivity index (χ1n) is 11.9. The van der Waals surface area contributed by atoms with Crippen LogP contribution < -0.4 is 16.0 Å². The van der Waals surface area contributed by atoms with E-state index in [1.807, 2.05) is 11.8 Å². The van der Waals surface area contributed by atoms with Crippen LogP contribution in [0.2, 0.25) is 0 Å². The molecule has 4 aliphatic rings. The van der Waals surface area contributed by atoms with Crippen molar-refractivity contribution in [1.82, 2.24) is 10.2 Å². The Morgan fingerprint density at radius 3 is 2.72 bits per heavy atom. The number of nitrogens with two attached hydrogens (primary N) is 1. The normalized spacial score (nSPS) is 38.3. The number of carbonyl (C=O) groups is 2. The number of nitrogens with one attached hydrogen (secondary N) is 2. The van der Waals surface area contributed by atoms with Crippen LogP contribution in [0.4, 0.5) is 0 Å². The Morgan fingerprint density at radius 1 is 1.21 bits per heavy atom. The van der Waals surface area contributed by atoms with Crippen LogP contribution in [-0.4, -0.2) is 55.0 Å². The van der Waals surface area contributed by atoms with Gasteiger partial charge >= 0.3 is 5.97 Å². The minimum atomic E-state index is -0.398. The molecule has 3 heterocycles. The van der Waals surface area contributed by atoms with Crippen LogP contribution in [0.3, 0.4) is 0 Å². The van der Waals surface area contributed by atoms with E-state index in [1.54, 1.807) is 0 Å². The van der Waals surface area contributed by atoms with Gasteiger partial charge in [-0.1, -0.05) is 32.1 Å². The van der Waals surface area contributed by atoms with Crippen molar-refractivity contribution in [2.75, 3.05) is 19.7 Å². The topological polar surface area (TPSA) is 89.1 Å². The molecule has 6 unspecified atom stereocenters. The smallest absolute Gasteiger partial charge is 0.316 e. The maximum absolute atomic E-state index is 13.4. The van der Waals surface area contributed by atoms with Crippen molar-refractivity contribution < 1.29 is 19.2 Å². The van der Waals surface area contributed by atoms with Gasteiger partial charge < -0.3 is 14.5 Å². The molecule has 7 heteroatoms. The second-order valence-corrected chi connectivity index (χ2v) is 9.53. The lowest BCUT2D eigenvalue weighted by atomic mass is 9.80. The molecule has 0 aromatic carbocycles. The van der Waals surface area contributed by atoms with E-state index in [-0.39, 0.29) is 36.3 Å². The summed E-state index contributed by atoms with van der Waals surface area (Å²) >= 11 is 0. The maximum atomic E-state index is 13.4. The van der Waals surface area contributed by atoms with Gasteiger partial charge in [0.25, 0.3) is 0 Å². The molecule has 4 rings (SSSR count). The van der Waals surface area contributed by atoms with Gasteiger partial charge in [0.15, 0.2) is 12.3 Å². The molecule has 1 aliphatic carbocycles. The molecular weight excluding hydrogens is 368 g/mol. The summed E-state index contributed by atoms with van der Waals surface area (Å²) in [4.78, 5) is 29.2. The highest BCUT2D eigenvalue weighted by Gasteiger charge is 2.55. The standard InChI is InChI=1S/C22H38N4O3/c1-2-29-22(28)16-14-17-20(24-18-10-6-7-12-25(18)21(17)27)26(19(16)23)13-11-15-8-4-3-5-9-15/h15-20,24H,2-14,23H2,1H3/p+1. The van der Waals surface area contributed by atoms with E-state index in [0.717, 1.165) is 44.7 Å². The lowest BCUT2D eigenvalue weighted by Gasteiger charge is -2.52. The Labute approximate surface area is 174 Å². The van der Waals surface area contributed by atoms with Crippen LogP contribution in [0, 0.1) is 17.8 Å². The molecule has 1 amide bonds. The van der Waals surface area contributed by atoms with E-state index < -0.39 is 5.92 Å². The third-order valence-electron chi connectivity index (χ3n) is 7.80. The molecule has 0 radical (unpaired) electrons. The molecule has 3 aliphatic heterocycles. The highest BCUT2D eigenvalue weighted by atomic mass is 16.5. The Kier molecular flexibility index (Phi) is 6.76. The van der Waals surface area contributed by atoms with Crippen LogP contribution in [0.25, 0.3) is 0 Å². The quantitative estimate of drug-likeness (QED) is 0.581. The summed E-state index contributed by atoms with van der Waals surface area (Å²) in [7, 11) is 0. The minimum absolute atomic E-state index is 0.0196. The number of amides is 1. The number of nitrogens with zero attached hydrogens (tertiary/aromatic N) is 1. The van der Waals surface area contributed by atoms with Gasteiger partial charge in [0.1, 0.15) is 11.8 Å². The van der Waals surface area contributed by atoms with Crippen LogP contribution in [0.15, 0.2) is 0 Å². The predicted octanol–water partition coefficient (Wildman–Crippen LogP) is 0.594. The third-order valence-corrected chi connectivity index (χ3v) is 7.80. The maximum Gasteiger partial charge on any atom is 0.316 e. The Hall–Kier alpha value is -1.18. The molecule has 29 heavy (non-hydrogen) atoms. The molecule has 3 saturated heterocycles. The van der Waals surface area contributed by atoms with Crippen LogP contribution in [-0.2, 0) is 14.3 Å². The summed E-state index contributed by atoms with van der Waals surface area (Å²) in [6, 6.07) is 0. The van der Waals surface area contributed by atoms with Gasteiger partial charge in [0, 0.05) is 6.54 Å². The summed E-state index contributed by atoms with van der Waals surface area (Å²) in [5.41, 5.74) is 6.69. The fourth-order valence-corrected chi connectivity index (χ4v) is 6.20. The van der Waals surface area contributed by atoms with Crippen molar-refractivity contribution in [3.8, 4) is 0 Å². The summed E-state index contributed by atoms with van der Waals surface area (Å²) in [5, 5.41) is 3.78. The minimum Gasteiger partial charge on any atom is -0.466 e. The predicted molar refractivity (Wildman–Crippen MR) is 110 cm³/mol. The van der Waals surface area contributed by atoms with Crippen molar-refractivity contribution in [3.05, 3.63) is 0 Å². The van der Waals surface area contributed by atoms with E-state index in [2.05, 4.69) is 5.32 Å². The molecule has 0 aromatic rings. The summed E-state index contributed by atoms with van der Waals surface area (Å²) in [5.74, 6) is 0.164. The number of esters is 1. The largest absolute Gasteiger partial charge is 0.466 e. The number of carbonyl (C=O) groups excluding carboxylic acids is 2. The number of likely N-dealkylation sites (tertiary alicyclic amines) is 1. The second kappa shape index (κ2) is 9.31. The number of piperidine rings is 2. The summed E-state index contributed by atoms with van der Waals surface area (Å²) in [6.45, 7) is 3.94. The van der Waals surface area contributed by atoms with E-state index >= 15 is 0 Å². The molecule has 164 valence electrons. The molecule has 0 bridgehead atoms. The highest BCUT2D eigenvalue weighted by Crippen LogP contribution is 2.31. The van der Waals surface area contributed by atoms with Gasteiger partial charge in [0.2, 0.25) is 5.91 Å². The van der Waals surface area contributed by atoms with Crippen LogP contribution in [0.5, 0.6) is 0 Å². The Balaban J connectivity index is 1.53. The van der Waals surface area contributed by atoms with Crippen molar-refractivity contribution in [2.24, 2.45) is 23.5 Å². The average molecular weight is 408 g/mol. The first kappa shape index (κ1) is 21.1. The number of hydrogen-bond donors (Lipinski definition) is 3. The van der Waals surface area contributed by atoms with E-state index in [1.165, 1.54) is 37.0 Å². The molecule has 4 N–H and O–H groups in total. The zero-order chi connectivity index (χ0) is 20.4. The lowest BCUT2D eigenvalue weighted by molar-refractivity contribution is -0.965. The molecular formula is C22H39N4O3+. The fraction of sp³-hybridized carbons (Fsp3) is 0.909. The first-order valence-corrected chi connectivity index (χ1v) is 11.9. The number of fused-ring (bicyclic) bond motifs is 2. The number of hydrogen-bond acceptors (Lipinski definition) is 5. The molecule has 6 atom stereocenters. The summed E-state index contributed by atoms with van der Waals surface area (Å²) in [6.07, 6.45) is 11.4. The van der Waals surface area contributed by atoms with Gasteiger partial charge in [-0.05, 0) is 44.9 Å². The molecule has 0 aromatic heterocycles. The number of rotatable bonds is 5. The van der Waals surface area contributed by atoms with Gasteiger partial charge in [-0.15, -0.1) is 0 Å². The highest BCUT2D eigenvalue weighted by molar-refractivity contribution is 5.82. The lowest BCUT2D eigenvalue weighted by Crippen LogP contribution is -3.26.